The zero-order valence-electron chi connectivity index (χ0n) is 16.7. The van der Waals surface area contributed by atoms with E-state index < -0.39 is 17.8 Å². The highest BCUT2D eigenvalue weighted by molar-refractivity contribution is 7.12. The summed E-state index contributed by atoms with van der Waals surface area (Å²) >= 11 is 1.26. The minimum absolute atomic E-state index is 0.0110. The highest BCUT2D eigenvalue weighted by Crippen LogP contribution is 2.29. The van der Waals surface area contributed by atoms with E-state index in [0.717, 1.165) is 17.7 Å². The van der Waals surface area contributed by atoms with Gasteiger partial charge in [0.05, 0.1) is 10.4 Å². The normalized spacial score (nSPS) is 12.3. The fourth-order valence-electron chi connectivity index (χ4n) is 3.15. The third-order valence-corrected chi connectivity index (χ3v) is 5.55. The predicted molar refractivity (Wildman–Crippen MR) is 114 cm³/mol. The summed E-state index contributed by atoms with van der Waals surface area (Å²) in [5.41, 5.74) is 0.450. The fourth-order valence-corrected chi connectivity index (χ4v) is 3.78. The molecule has 1 heterocycles. The molecular formula is C23H21F3N2O2S. The van der Waals surface area contributed by atoms with Crippen molar-refractivity contribution >= 4 is 23.2 Å². The van der Waals surface area contributed by atoms with E-state index in [4.69, 9.17) is 0 Å². The highest BCUT2D eigenvalue weighted by Gasteiger charge is 2.31. The van der Waals surface area contributed by atoms with Crippen molar-refractivity contribution in [1.82, 2.24) is 10.2 Å². The summed E-state index contributed by atoms with van der Waals surface area (Å²) in [4.78, 5) is 27.5. The number of halogens is 3. The number of nitrogens with zero attached hydrogens (tertiary/aromatic N) is 1. The molecule has 3 rings (SSSR count). The smallest absolute Gasteiger partial charge is 0.340 e. The van der Waals surface area contributed by atoms with Gasteiger partial charge in [-0.05, 0) is 34.7 Å². The molecule has 0 fully saturated rings. The second kappa shape index (κ2) is 9.78. The molecule has 0 bridgehead atoms. The van der Waals surface area contributed by atoms with E-state index in [2.05, 4.69) is 5.32 Å². The largest absolute Gasteiger partial charge is 0.416 e. The van der Waals surface area contributed by atoms with Gasteiger partial charge in [-0.25, -0.2) is 0 Å². The Bertz CT molecular complexity index is 1020. The van der Waals surface area contributed by atoms with Crippen LogP contribution in [0.25, 0.3) is 0 Å². The van der Waals surface area contributed by atoms with Gasteiger partial charge in [0, 0.05) is 20.0 Å². The Hall–Kier alpha value is -3.13. The lowest BCUT2D eigenvalue weighted by molar-refractivity contribution is -0.137. The molecule has 3 aromatic rings. The predicted octanol–water partition coefficient (Wildman–Crippen LogP) is 4.77. The number of hydrogen-bond acceptors (Lipinski definition) is 3. The maximum absolute atomic E-state index is 13.1. The number of rotatable bonds is 7. The second-order valence-corrected chi connectivity index (χ2v) is 8.03. The van der Waals surface area contributed by atoms with Crippen LogP contribution in [0.15, 0.2) is 72.1 Å². The van der Waals surface area contributed by atoms with Crippen LogP contribution in [0.1, 0.15) is 26.4 Å². The van der Waals surface area contributed by atoms with Crippen molar-refractivity contribution in [3.63, 3.8) is 0 Å². The van der Waals surface area contributed by atoms with E-state index in [9.17, 15) is 22.8 Å². The van der Waals surface area contributed by atoms with Crippen LogP contribution in [0.4, 0.5) is 13.2 Å². The molecule has 31 heavy (non-hydrogen) atoms. The van der Waals surface area contributed by atoms with Crippen LogP contribution in [-0.4, -0.2) is 29.8 Å². The molecular weight excluding hydrogens is 425 g/mol. The third-order valence-electron chi connectivity index (χ3n) is 4.68. The van der Waals surface area contributed by atoms with Gasteiger partial charge in [-0.15, -0.1) is 11.3 Å². The topological polar surface area (TPSA) is 49.4 Å². The number of alkyl halides is 3. The van der Waals surface area contributed by atoms with E-state index >= 15 is 0 Å². The van der Waals surface area contributed by atoms with E-state index in [0.29, 0.717) is 10.4 Å². The number of carbonyl (C=O) groups excluding carboxylic acids is 2. The molecule has 0 saturated carbocycles. The summed E-state index contributed by atoms with van der Waals surface area (Å²) in [6.45, 7) is -0.0110. The first kappa shape index (κ1) is 22.6. The van der Waals surface area contributed by atoms with Gasteiger partial charge in [0.15, 0.2) is 0 Å². The van der Waals surface area contributed by atoms with Gasteiger partial charge in [-0.2, -0.15) is 13.2 Å². The van der Waals surface area contributed by atoms with E-state index in [1.54, 1.807) is 17.5 Å². The lowest BCUT2D eigenvalue weighted by Crippen LogP contribution is -2.48. The zero-order chi connectivity index (χ0) is 22.4. The lowest BCUT2D eigenvalue weighted by Gasteiger charge is -2.25. The standard InChI is InChI=1S/C23H21F3N2O2S/c1-28(15-17-9-5-10-18(13-17)23(24,25)26)22(30)19(14-16-7-3-2-4-8-16)27-21(29)20-11-6-12-31-20/h2-13,19H,14-15H2,1H3,(H,27,29). The van der Waals surface area contributed by atoms with Crippen molar-refractivity contribution in [3.8, 4) is 0 Å². The number of likely N-dealkylation sites (N-methyl/N-ethyl adjacent to an activating group) is 1. The van der Waals surface area contributed by atoms with Crippen LogP contribution in [0.2, 0.25) is 0 Å². The van der Waals surface area contributed by atoms with Crippen molar-refractivity contribution < 1.29 is 22.8 Å². The Morgan fingerprint density at radius 2 is 1.71 bits per heavy atom. The average molecular weight is 446 g/mol. The number of amides is 2. The third kappa shape index (κ3) is 6.18. The number of thiophene rings is 1. The molecule has 8 heteroatoms. The maximum Gasteiger partial charge on any atom is 0.416 e. The minimum atomic E-state index is -4.46. The number of hydrogen-bond donors (Lipinski definition) is 1. The molecule has 1 atom stereocenters. The van der Waals surface area contributed by atoms with Gasteiger partial charge in [0.1, 0.15) is 6.04 Å². The summed E-state index contributed by atoms with van der Waals surface area (Å²) < 4.78 is 39.0. The number of benzene rings is 2. The summed E-state index contributed by atoms with van der Waals surface area (Å²) in [7, 11) is 1.51. The average Bonchev–Trinajstić information content (AvgIpc) is 3.28. The van der Waals surface area contributed by atoms with Gasteiger partial charge in [-0.3, -0.25) is 9.59 Å². The van der Waals surface area contributed by atoms with E-state index in [-0.39, 0.29) is 24.8 Å². The molecule has 0 aliphatic heterocycles. The van der Waals surface area contributed by atoms with Crippen molar-refractivity contribution in [1.29, 1.82) is 0 Å². The summed E-state index contributed by atoms with van der Waals surface area (Å²) in [6.07, 6.45) is -4.19. The Morgan fingerprint density at radius 3 is 2.35 bits per heavy atom. The van der Waals surface area contributed by atoms with E-state index in [1.165, 1.54) is 35.4 Å². The molecule has 0 saturated heterocycles. The molecule has 1 unspecified atom stereocenters. The molecule has 2 aromatic carbocycles. The molecule has 0 aliphatic carbocycles. The first-order valence-corrected chi connectivity index (χ1v) is 10.4. The van der Waals surface area contributed by atoms with Crippen LogP contribution in [0.3, 0.4) is 0 Å². The Labute approximate surface area is 182 Å². The van der Waals surface area contributed by atoms with Crippen LogP contribution in [-0.2, 0) is 23.9 Å². The summed E-state index contributed by atoms with van der Waals surface area (Å²) in [5.74, 6) is -0.747. The van der Waals surface area contributed by atoms with E-state index in [1.807, 2.05) is 30.3 Å². The van der Waals surface area contributed by atoms with Crippen molar-refractivity contribution in [2.45, 2.75) is 25.2 Å². The van der Waals surface area contributed by atoms with Crippen molar-refractivity contribution in [2.24, 2.45) is 0 Å². The van der Waals surface area contributed by atoms with Gasteiger partial charge in [-0.1, -0.05) is 48.5 Å². The SMILES string of the molecule is CN(Cc1cccc(C(F)(F)F)c1)C(=O)C(Cc1ccccc1)NC(=O)c1cccs1. The van der Waals surface area contributed by atoms with Crippen molar-refractivity contribution in [2.75, 3.05) is 7.05 Å². The van der Waals surface area contributed by atoms with Crippen LogP contribution in [0, 0.1) is 0 Å². The molecule has 1 aromatic heterocycles. The Kier molecular flexibility index (Phi) is 7.12. The maximum atomic E-state index is 13.1. The minimum Gasteiger partial charge on any atom is -0.340 e. The summed E-state index contributed by atoms with van der Waals surface area (Å²) in [6, 6.07) is 16.7. The zero-order valence-corrected chi connectivity index (χ0v) is 17.5. The molecule has 0 radical (unpaired) electrons. The summed E-state index contributed by atoms with van der Waals surface area (Å²) in [5, 5.41) is 4.54. The monoisotopic (exact) mass is 446 g/mol. The lowest BCUT2D eigenvalue weighted by atomic mass is 10.0. The molecule has 4 nitrogen and oxygen atoms in total. The van der Waals surface area contributed by atoms with Gasteiger partial charge >= 0.3 is 6.18 Å². The van der Waals surface area contributed by atoms with Crippen LogP contribution < -0.4 is 5.32 Å². The van der Waals surface area contributed by atoms with Crippen LogP contribution in [0.5, 0.6) is 0 Å². The number of carbonyl (C=O) groups is 2. The second-order valence-electron chi connectivity index (χ2n) is 7.09. The van der Waals surface area contributed by atoms with Crippen LogP contribution >= 0.6 is 11.3 Å². The molecule has 1 N–H and O–H groups in total. The quantitative estimate of drug-likeness (QED) is 0.569. The molecule has 0 spiro atoms. The first-order valence-electron chi connectivity index (χ1n) is 9.53. The van der Waals surface area contributed by atoms with Gasteiger partial charge in [0.2, 0.25) is 5.91 Å². The molecule has 0 aliphatic rings. The van der Waals surface area contributed by atoms with Crippen molar-refractivity contribution in [3.05, 3.63) is 93.7 Å². The Morgan fingerprint density at radius 1 is 1.00 bits per heavy atom. The fraction of sp³-hybridized carbons (Fsp3) is 0.217. The van der Waals surface area contributed by atoms with Gasteiger partial charge in [0.25, 0.3) is 5.91 Å². The molecule has 162 valence electrons. The highest BCUT2D eigenvalue weighted by atomic mass is 32.1. The Balaban J connectivity index is 1.77. The number of nitrogens with one attached hydrogen (secondary N) is 1. The first-order chi connectivity index (χ1) is 14.7. The van der Waals surface area contributed by atoms with Gasteiger partial charge < -0.3 is 10.2 Å². The molecule has 2 amide bonds.